The second-order valence-electron chi connectivity index (χ2n) is 3.16. The van der Waals surface area contributed by atoms with Gasteiger partial charge in [-0.1, -0.05) is 20.3 Å². The fourth-order valence-corrected chi connectivity index (χ4v) is 2.06. The molecule has 1 aromatic rings. The lowest BCUT2D eigenvalue weighted by Crippen LogP contribution is -2.06. The van der Waals surface area contributed by atoms with E-state index in [-0.39, 0.29) is 10.8 Å². The minimum absolute atomic E-state index is 0.107. The molecule has 0 atom stereocenters. The van der Waals surface area contributed by atoms with Gasteiger partial charge in [0.1, 0.15) is 0 Å². The highest BCUT2D eigenvalue weighted by atomic mass is 32.2. The largest absolute Gasteiger partial charge is 0.245 e. The number of hydrogen-bond acceptors (Lipinski definition) is 3. The van der Waals surface area contributed by atoms with Crippen molar-refractivity contribution in [1.82, 2.24) is 4.98 Å². The van der Waals surface area contributed by atoms with E-state index in [1.807, 2.05) is 6.07 Å². The van der Waals surface area contributed by atoms with Crippen molar-refractivity contribution in [1.29, 1.82) is 0 Å². The van der Waals surface area contributed by atoms with Gasteiger partial charge in [-0.2, -0.15) is 0 Å². The summed E-state index contributed by atoms with van der Waals surface area (Å²) in [4.78, 5) is 3.88. The van der Waals surface area contributed by atoms with E-state index >= 15 is 0 Å². The molecule has 0 bridgehead atoms. The van der Waals surface area contributed by atoms with E-state index in [0.717, 1.165) is 18.4 Å². The molecule has 3 nitrogen and oxygen atoms in total. The smallest absolute Gasteiger partial charge is 0.195 e. The van der Waals surface area contributed by atoms with Crippen LogP contribution in [0, 0.1) is 0 Å². The minimum atomic E-state index is -3.15. The highest BCUT2D eigenvalue weighted by molar-refractivity contribution is 7.91. The van der Waals surface area contributed by atoms with E-state index < -0.39 is 9.84 Å². The van der Waals surface area contributed by atoms with Crippen LogP contribution in [0.4, 0.5) is 0 Å². The highest BCUT2D eigenvalue weighted by Crippen LogP contribution is 2.11. The van der Waals surface area contributed by atoms with Gasteiger partial charge in [0.2, 0.25) is 0 Å². The predicted octanol–water partition coefficient (Wildman–Crippen LogP) is 1.83. The molecule has 1 rings (SSSR count). The van der Waals surface area contributed by atoms with Crippen LogP contribution in [0.25, 0.3) is 0 Å². The number of hydrogen-bond donors (Lipinski definition) is 0. The number of aryl methyl sites for hydroxylation is 1. The van der Waals surface area contributed by atoms with Gasteiger partial charge in [0.15, 0.2) is 14.9 Å². The molecule has 0 aliphatic carbocycles. The van der Waals surface area contributed by atoms with Crippen molar-refractivity contribution in [3.8, 4) is 0 Å². The first-order chi connectivity index (χ1) is 6.60. The maximum atomic E-state index is 11.5. The van der Waals surface area contributed by atoms with Crippen LogP contribution in [-0.4, -0.2) is 19.2 Å². The normalized spacial score (nSPS) is 11.6. The first-order valence-electron chi connectivity index (χ1n) is 4.78. The highest BCUT2D eigenvalue weighted by Gasteiger charge is 2.12. The summed E-state index contributed by atoms with van der Waals surface area (Å²) in [6.45, 7) is 3.69. The van der Waals surface area contributed by atoms with Crippen LogP contribution in [0.5, 0.6) is 0 Å². The maximum absolute atomic E-state index is 11.5. The molecule has 0 fully saturated rings. The average molecular weight is 213 g/mol. The third-order valence-electron chi connectivity index (χ3n) is 2.04. The van der Waals surface area contributed by atoms with Gasteiger partial charge in [-0.05, 0) is 24.1 Å². The zero-order valence-corrected chi connectivity index (χ0v) is 9.34. The predicted molar refractivity (Wildman–Crippen MR) is 56.0 cm³/mol. The van der Waals surface area contributed by atoms with Gasteiger partial charge in [-0.25, -0.2) is 13.4 Å². The van der Waals surface area contributed by atoms with Gasteiger partial charge in [0.05, 0.1) is 5.75 Å². The fourth-order valence-electron chi connectivity index (χ4n) is 1.21. The van der Waals surface area contributed by atoms with Crippen molar-refractivity contribution in [3.63, 3.8) is 0 Å². The van der Waals surface area contributed by atoms with E-state index in [9.17, 15) is 8.42 Å². The van der Waals surface area contributed by atoms with E-state index in [1.54, 1.807) is 19.2 Å². The molecule has 0 aromatic carbocycles. The molecule has 14 heavy (non-hydrogen) atoms. The van der Waals surface area contributed by atoms with Crippen LogP contribution < -0.4 is 0 Å². The molecule has 0 radical (unpaired) electrons. The Morgan fingerprint density at radius 2 is 2.07 bits per heavy atom. The van der Waals surface area contributed by atoms with Crippen molar-refractivity contribution >= 4 is 9.84 Å². The van der Waals surface area contributed by atoms with Crippen LogP contribution >= 0.6 is 0 Å². The SMILES string of the molecule is CCCc1ccnc(S(=O)(=O)CC)c1. The van der Waals surface area contributed by atoms with Crippen molar-refractivity contribution < 1.29 is 8.42 Å². The molecule has 0 N–H and O–H groups in total. The van der Waals surface area contributed by atoms with Crippen LogP contribution in [-0.2, 0) is 16.3 Å². The Labute approximate surface area is 85.1 Å². The minimum Gasteiger partial charge on any atom is -0.245 e. The lowest BCUT2D eigenvalue weighted by molar-refractivity contribution is 0.593. The lowest BCUT2D eigenvalue weighted by Gasteiger charge is -2.02. The summed E-state index contributed by atoms with van der Waals surface area (Å²) in [5, 5.41) is 0.200. The van der Waals surface area contributed by atoms with E-state index in [1.165, 1.54) is 0 Å². The molecular formula is C10H15NO2S. The van der Waals surface area contributed by atoms with Gasteiger partial charge in [0, 0.05) is 6.20 Å². The summed E-state index contributed by atoms with van der Waals surface area (Å²) in [7, 11) is -3.15. The number of nitrogens with zero attached hydrogens (tertiary/aromatic N) is 1. The lowest BCUT2D eigenvalue weighted by atomic mass is 10.2. The Hall–Kier alpha value is -0.900. The molecule has 0 aliphatic rings. The number of pyridine rings is 1. The van der Waals surface area contributed by atoms with Crippen LogP contribution in [0.2, 0.25) is 0 Å². The van der Waals surface area contributed by atoms with Crippen LogP contribution in [0.1, 0.15) is 25.8 Å². The summed E-state index contributed by atoms with van der Waals surface area (Å²) in [5.41, 5.74) is 1.04. The molecule has 1 aromatic heterocycles. The Bertz CT molecular complexity index is 398. The number of aromatic nitrogens is 1. The molecule has 0 saturated heterocycles. The van der Waals surface area contributed by atoms with Crippen LogP contribution in [0.15, 0.2) is 23.4 Å². The molecule has 0 spiro atoms. The maximum Gasteiger partial charge on any atom is 0.195 e. The van der Waals surface area contributed by atoms with Crippen molar-refractivity contribution in [2.24, 2.45) is 0 Å². The third-order valence-corrected chi connectivity index (χ3v) is 3.66. The zero-order valence-electron chi connectivity index (χ0n) is 8.53. The second-order valence-corrected chi connectivity index (χ2v) is 5.38. The summed E-state index contributed by atoms with van der Waals surface area (Å²) in [5.74, 6) is 0.107. The average Bonchev–Trinajstić information content (AvgIpc) is 2.19. The molecule has 0 unspecified atom stereocenters. The first kappa shape index (κ1) is 11.2. The molecule has 4 heteroatoms. The first-order valence-corrected chi connectivity index (χ1v) is 6.43. The standard InChI is InChI=1S/C10H15NO2S/c1-3-5-9-6-7-11-10(8-9)14(12,13)4-2/h6-8H,3-5H2,1-2H3. The van der Waals surface area contributed by atoms with Crippen LogP contribution in [0.3, 0.4) is 0 Å². The van der Waals surface area contributed by atoms with Gasteiger partial charge in [-0.3, -0.25) is 0 Å². The van der Waals surface area contributed by atoms with E-state index in [2.05, 4.69) is 11.9 Å². The monoisotopic (exact) mass is 213 g/mol. The molecule has 1 heterocycles. The molecule has 78 valence electrons. The van der Waals surface area contributed by atoms with Gasteiger partial charge in [-0.15, -0.1) is 0 Å². The van der Waals surface area contributed by atoms with Gasteiger partial charge in [0.25, 0.3) is 0 Å². The van der Waals surface area contributed by atoms with E-state index in [4.69, 9.17) is 0 Å². The van der Waals surface area contributed by atoms with Crippen molar-refractivity contribution in [2.45, 2.75) is 31.7 Å². The van der Waals surface area contributed by atoms with Crippen molar-refractivity contribution in [3.05, 3.63) is 23.9 Å². The number of sulfone groups is 1. The van der Waals surface area contributed by atoms with Gasteiger partial charge >= 0.3 is 0 Å². The summed E-state index contributed by atoms with van der Waals surface area (Å²) in [6, 6.07) is 3.53. The Morgan fingerprint density at radius 3 is 2.64 bits per heavy atom. The summed E-state index contributed by atoms with van der Waals surface area (Å²) < 4.78 is 23.0. The third kappa shape index (κ3) is 2.54. The summed E-state index contributed by atoms with van der Waals surface area (Å²) in [6.07, 6.45) is 3.47. The molecule has 0 amide bonds. The van der Waals surface area contributed by atoms with E-state index in [0.29, 0.717) is 0 Å². The Balaban J connectivity index is 3.06. The Morgan fingerprint density at radius 1 is 1.36 bits per heavy atom. The molecular weight excluding hydrogens is 198 g/mol. The van der Waals surface area contributed by atoms with Gasteiger partial charge < -0.3 is 0 Å². The topological polar surface area (TPSA) is 47.0 Å². The fraction of sp³-hybridized carbons (Fsp3) is 0.500. The summed E-state index contributed by atoms with van der Waals surface area (Å²) >= 11 is 0. The molecule has 0 saturated carbocycles. The zero-order chi connectivity index (χ0) is 10.6. The molecule has 0 aliphatic heterocycles. The Kier molecular flexibility index (Phi) is 3.63. The number of rotatable bonds is 4. The van der Waals surface area contributed by atoms with Crippen molar-refractivity contribution in [2.75, 3.05) is 5.75 Å². The second kappa shape index (κ2) is 4.55. The quantitative estimate of drug-likeness (QED) is 0.766.